The number of nitrogens with two attached hydrogens (primary N) is 1. The number of ether oxygens (including phenoxy) is 2. The fraction of sp³-hybridized carbons (Fsp3) is 0.529. The van der Waals surface area contributed by atoms with Gasteiger partial charge in [0.25, 0.3) is 0 Å². The van der Waals surface area contributed by atoms with Crippen LogP contribution in [0.3, 0.4) is 0 Å². The molecule has 0 amide bonds. The number of fused-ring (bicyclic) bond motifs is 1. The zero-order valence-corrected chi connectivity index (χ0v) is 17.1. The number of piperidine rings is 1. The Morgan fingerprint density at radius 1 is 1.43 bits per heavy atom. The number of sulfonamides is 1. The number of methoxy groups -OCH3 is 1. The molecule has 0 radical (unpaired) electrons. The van der Waals surface area contributed by atoms with E-state index in [4.69, 9.17) is 15.2 Å². The Labute approximate surface area is 172 Å². The van der Waals surface area contributed by atoms with Gasteiger partial charge in [0.05, 0.1) is 18.9 Å². The van der Waals surface area contributed by atoms with E-state index in [-0.39, 0.29) is 18.8 Å². The van der Waals surface area contributed by atoms with Crippen LogP contribution in [0, 0.1) is 0 Å². The van der Waals surface area contributed by atoms with Crippen molar-refractivity contribution in [2.24, 2.45) is 0 Å². The van der Waals surface area contributed by atoms with Gasteiger partial charge in [0, 0.05) is 6.42 Å². The monoisotopic (exact) mass is 437 g/mol. The molecule has 1 fully saturated rings. The number of carbonyl (C=O) groups is 1. The SMILES string of the molecule is COC(=O)C1CC(S(=O)(=O)NCC2=CC[C@H](n3cnc4c(N)ncnc43)O2)CCN1. The summed E-state index contributed by atoms with van der Waals surface area (Å²) in [6, 6.07) is -0.624. The maximum absolute atomic E-state index is 12.7. The minimum absolute atomic E-state index is 0.0232. The number of rotatable bonds is 6. The summed E-state index contributed by atoms with van der Waals surface area (Å²) in [6.45, 7) is 0.445. The van der Waals surface area contributed by atoms with Crippen molar-refractivity contribution in [3.8, 4) is 0 Å². The van der Waals surface area contributed by atoms with Gasteiger partial charge in [-0.05, 0) is 25.5 Å². The van der Waals surface area contributed by atoms with E-state index in [0.29, 0.717) is 36.3 Å². The van der Waals surface area contributed by atoms with Crippen molar-refractivity contribution in [1.82, 2.24) is 29.6 Å². The molecule has 2 aliphatic rings. The lowest BCUT2D eigenvalue weighted by Gasteiger charge is -2.28. The lowest BCUT2D eigenvalue weighted by atomic mass is 10.0. The van der Waals surface area contributed by atoms with E-state index in [2.05, 4.69) is 25.0 Å². The number of nitrogen functional groups attached to an aromatic ring is 1. The Morgan fingerprint density at radius 2 is 2.27 bits per heavy atom. The molecule has 0 bridgehead atoms. The Morgan fingerprint density at radius 3 is 3.07 bits per heavy atom. The van der Waals surface area contributed by atoms with E-state index in [1.54, 1.807) is 10.9 Å². The summed E-state index contributed by atoms with van der Waals surface area (Å²) in [7, 11) is -2.35. The van der Waals surface area contributed by atoms with Gasteiger partial charge in [0.2, 0.25) is 10.0 Å². The Balaban J connectivity index is 1.36. The highest BCUT2D eigenvalue weighted by Gasteiger charge is 2.35. The number of imidazole rings is 1. The van der Waals surface area contributed by atoms with Crippen molar-refractivity contribution in [3.63, 3.8) is 0 Å². The van der Waals surface area contributed by atoms with E-state index >= 15 is 0 Å². The Bertz CT molecular complexity index is 1080. The number of nitrogens with zero attached hydrogens (tertiary/aromatic N) is 4. The molecule has 2 aliphatic heterocycles. The third kappa shape index (κ3) is 3.95. The van der Waals surface area contributed by atoms with Gasteiger partial charge in [-0.25, -0.2) is 28.1 Å². The summed E-state index contributed by atoms with van der Waals surface area (Å²) in [5.74, 6) is 0.326. The maximum atomic E-state index is 12.7. The summed E-state index contributed by atoms with van der Waals surface area (Å²) in [4.78, 5) is 24.0. The lowest BCUT2D eigenvalue weighted by molar-refractivity contribution is -0.143. The van der Waals surface area contributed by atoms with Gasteiger partial charge < -0.3 is 20.5 Å². The first-order valence-electron chi connectivity index (χ1n) is 9.47. The molecule has 4 N–H and O–H groups in total. The molecule has 4 rings (SSSR count). The van der Waals surface area contributed by atoms with Gasteiger partial charge in [-0.1, -0.05) is 0 Å². The van der Waals surface area contributed by atoms with Crippen LogP contribution < -0.4 is 15.8 Å². The van der Waals surface area contributed by atoms with E-state index < -0.39 is 33.5 Å². The van der Waals surface area contributed by atoms with Crippen molar-refractivity contribution in [2.75, 3.05) is 25.9 Å². The van der Waals surface area contributed by atoms with Gasteiger partial charge >= 0.3 is 5.97 Å². The van der Waals surface area contributed by atoms with Crippen LogP contribution in [-0.2, 0) is 24.3 Å². The zero-order chi connectivity index (χ0) is 21.3. The first-order valence-corrected chi connectivity index (χ1v) is 11.0. The molecular formula is C17H23N7O5S. The number of hydrogen-bond acceptors (Lipinski definition) is 10. The number of aromatic nitrogens is 4. The van der Waals surface area contributed by atoms with Crippen LogP contribution in [-0.4, -0.2) is 65.4 Å². The molecule has 4 heterocycles. The number of anilines is 1. The van der Waals surface area contributed by atoms with Gasteiger partial charge in [-0.3, -0.25) is 9.36 Å². The molecule has 30 heavy (non-hydrogen) atoms. The quantitative estimate of drug-likeness (QED) is 0.498. The number of esters is 1. The van der Waals surface area contributed by atoms with Crippen LogP contribution in [0.5, 0.6) is 0 Å². The van der Waals surface area contributed by atoms with Crippen molar-refractivity contribution in [2.45, 2.75) is 36.8 Å². The zero-order valence-electron chi connectivity index (χ0n) is 16.3. The predicted octanol–water partition coefficient (Wildman–Crippen LogP) is -0.576. The maximum Gasteiger partial charge on any atom is 0.322 e. The van der Waals surface area contributed by atoms with Gasteiger partial charge in [0.15, 0.2) is 17.7 Å². The highest BCUT2D eigenvalue weighted by Crippen LogP contribution is 2.29. The van der Waals surface area contributed by atoms with Crippen LogP contribution >= 0.6 is 0 Å². The van der Waals surface area contributed by atoms with Crippen LogP contribution in [0.25, 0.3) is 11.2 Å². The second kappa shape index (κ2) is 8.16. The number of nitrogens with one attached hydrogen (secondary N) is 2. The summed E-state index contributed by atoms with van der Waals surface area (Å²) >= 11 is 0. The fourth-order valence-electron chi connectivity index (χ4n) is 3.64. The normalized spacial score (nSPS) is 24.4. The van der Waals surface area contributed by atoms with Crippen LogP contribution in [0.2, 0.25) is 0 Å². The molecule has 162 valence electrons. The van der Waals surface area contributed by atoms with Crippen molar-refractivity contribution >= 4 is 33.0 Å². The molecule has 2 unspecified atom stereocenters. The second-order valence-electron chi connectivity index (χ2n) is 7.10. The summed E-state index contributed by atoms with van der Waals surface area (Å²) in [5, 5.41) is 2.30. The highest BCUT2D eigenvalue weighted by atomic mass is 32.2. The Kier molecular flexibility index (Phi) is 5.58. The summed E-state index contributed by atoms with van der Waals surface area (Å²) in [6.07, 6.45) is 5.46. The first kappa shape index (κ1) is 20.5. The smallest absolute Gasteiger partial charge is 0.322 e. The summed E-state index contributed by atoms with van der Waals surface area (Å²) < 4.78 is 40.3. The van der Waals surface area contributed by atoms with E-state index in [9.17, 15) is 13.2 Å². The predicted molar refractivity (Wildman–Crippen MR) is 106 cm³/mol. The van der Waals surface area contributed by atoms with Crippen LogP contribution in [0.15, 0.2) is 24.5 Å². The van der Waals surface area contributed by atoms with Gasteiger partial charge in [0.1, 0.15) is 30.0 Å². The molecule has 1 saturated heterocycles. The van der Waals surface area contributed by atoms with E-state index in [1.807, 2.05) is 6.08 Å². The van der Waals surface area contributed by atoms with Crippen molar-refractivity contribution in [3.05, 3.63) is 24.5 Å². The van der Waals surface area contributed by atoms with Crippen LogP contribution in [0.1, 0.15) is 25.5 Å². The molecule has 0 saturated carbocycles. The highest BCUT2D eigenvalue weighted by molar-refractivity contribution is 7.90. The third-order valence-electron chi connectivity index (χ3n) is 5.26. The second-order valence-corrected chi connectivity index (χ2v) is 9.15. The lowest BCUT2D eigenvalue weighted by Crippen LogP contribution is -2.50. The molecular weight excluding hydrogens is 414 g/mol. The number of hydrogen-bond donors (Lipinski definition) is 3. The van der Waals surface area contributed by atoms with Crippen LogP contribution in [0.4, 0.5) is 5.82 Å². The third-order valence-corrected chi connectivity index (χ3v) is 7.11. The molecule has 0 aliphatic carbocycles. The molecule has 2 aromatic rings. The van der Waals surface area contributed by atoms with Gasteiger partial charge in [-0.15, -0.1) is 0 Å². The fourth-order valence-corrected chi connectivity index (χ4v) is 5.10. The number of carbonyl (C=O) groups excluding carboxylic acids is 1. The standard InChI is InChI=1S/C17H23N7O5S/c1-28-17(25)12-6-11(4-5-19-12)30(26,27)23-7-10-2-3-13(29-10)24-9-22-14-15(18)20-8-21-16(14)24/h2,8-9,11-13,19,23H,3-7H2,1H3,(H2,18,20,21)/t11?,12?,13-/m1/s1. The van der Waals surface area contributed by atoms with Crippen molar-refractivity contribution < 1.29 is 22.7 Å². The minimum Gasteiger partial charge on any atom is -0.473 e. The largest absolute Gasteiger partial charge is 0.473 e. The minimum atomic E-state index is -3.63. The molecule has 13 heteroatoms. The van der Waals surface area contributed by atoms with Crippen molar-refractivity contribution in [1.29, 1.82) is 0 Å². The first-order chi connectivity index (χ1) is 14.4. The average Bonchev–Trinajstić information content (AvgIpc) is 3.39. The average molecular weight is 437 g/mol. The van der Waals surface area contributed by atoms with Gasteiger partial charge in [-0.2, -0.15) is 0 Å². The Hall–Kier alpha value is -2.77. The topological polar surface area (TPSA) is 163 Å². The summed E-state index contributed by atoms with van der Waals surface area (Å²) in [5.41, 5.74) is 6.84. The molecule has 0 spiro atoms. The molecule has 0 aromatic carbocycles. The van der Waals surface area contributed by atoms with E-state index in [1.165, 1.54) is 13.4 Å². The molecule has 12 nitrogen and oxygen atoms in total. The van der Waals surface area contributed by atoms with E-state index in [0.717, 1.165) is 0 Å². The molecule has 2 aromatic heterocycles. The molecule has 3 atom stereocenters.